The fourth-order valence-electron chi connectivity index (χ4n) is 3.44. The molecule has 2 heterocycles. The molecule has 2 fully saturated rings. The zero-order chi connectivity index (χ0) is 14.9. The molecule has 2 aliphatic rings. The molecule has 2 N–H and O–H groups in total. The van der Waals surface area contributed by atoms with Crippen LogP contribution < -0.4 is 5.73 Å². The van der Waals surface area contributed by atoms with E-state index in [-0.39, 0.29) is 11.9 Å². The first-order valence-electron chi connectivity index (χ1n) is 7.51. The van der Waals surface area contributed by atoms with E-state index >= 15 is 0 Å². The molecule has 0 bridgehead atoms. The first-order valence-corrected chi connectivity index (χ1v) is 7.89. The largest absolute Gasteiger partial charge is 0.381 e. The Hall–Kier alpha value is -1.10. The van der Waals surface area contributed by atoms with Crippen LogP contribution in [0.3, 0.4) is 0 Å². The summed E-state index contributed by atoms with van der Waals surface area (Å²) in [5, 5.41) is 0.663. The zero-order valence-electron chi connectivity index (χ0n) is 12.1. The van der Waals surface area contributed by atoms with Crippen LogP contribution in [0, 0.1) is 0 Å². The van der Waals surface area contributed by atoms with Gasteiger partial charge in [-0.3, -0.25) is 4.79 Å². The highest BCUT2D eigenvalue weighted by Crippen LogP contribution is 2.40. The predicted octanol–water partition coefficient (Wildman–Crippen LogP) is 1.95. The minimum Gasteiger partial charge on any atom is -0.381 e. The van der Waals surface area contributed by atoms with E-state index in [4.69, 9.17) is 22.1 Å². The summed E-state index contributed by atoms with van der Waals surface area (Å²) in [5.41, 5.74) is 6.34. The zero-order valence-corrected chi connectivity index (χ0v) is 12.8. The molecule has 0 saturated carbocycles. The van der Waals surface area contributed by atoms with Gasteiger partial charge in [0, 0.05) is 37.4 Å². The Balaban J connectivity index is 1.97. The molecular weight excluding hydrogens is 288 g/mol. The quantitative estimate of drug-likeness (QED) is 0.908. The third kappa shape index (κ3) is 2.68. The number of amides is 1. The molecule has 2 aliphatic heterocycles. The summed E-state index contributed by atoms with van der Waals surface area (Å²) in [6.07, 6.45) is 2.24. The van der Waals surface area contributed by atoms with Crippen LogP contribution in [0.2, 0.25) is 5.02 Å². The molecule has 0 aliphatic carbocycles. The molecule has 2 saturated heterocycles. The highest BCUT2D eigenvalue weighted by molar-refractivity contribution is 6.31. The normalized spacial score (nSPS) is 25.0. The Bertz CT molecular complexity index is 529. The van der Waals surface area contributed by atoms with Gasteiger partial charge in [0.2, 0.25) is 5.91 Å². The van der Waals surface area contributed by atoms with Gasteiger partial charge in [-0.1, -0.05) is 29.8 Å². The lowest BCUT2D eigenvalue weighted by Crippen LogP contribution is -2.49. The van der Waals surface area contributed by atoms with E-state index in [9.17, 15) is 4.79 Å². The number of nitrogens with zero attached hydrogens (tertiary/aromatic N) is 1. The van der Waals surface area contributed by atoms with Crippen LogP contribution in [-0.4, -0.2) is 43.2 Å². The highest BCUT2D eigenvalue weighted by Gasteiger charge is 2.46. The lowest BCUT2D eigenvalue weighted by atomic mass is 9.73. The number of rotatable bonds is 2. The van der Waals surface area contributed by atoms with Crippen molar-refractivity contribution in [2.75, 3.05) is 26.3 Å². The van der Waals surface area contributed by atoms with Crippen molar-refractivity contribution in [1.29, 1.82) is 0 Å². The van der Waals surface area contributed by atoms with Crippen molar-refractivity contribution in [3.8, 4) is 0 Å². The van der Waals surface area contributed by atoms with Gasteiger partial charge in [-0.25, -0.2) is 0 Å². The van der Waals surface area contributed by atoms with E-state index in [0.717, 1.165) is 18.5 Å². The van der Waals surface area contributed by atoms with E-state index < -0.39 is 5.41 Å². The maximum Gasteiger partial charge on any atom is 0.233 e. The molecule has 1 aromatic rings. The van der Waals surface area contributed by atoms with Crippen molar-refractivity contribution in [3.63, 3.8) is 0 Å². The van der Waals surface area contributed by atoms with E-state index in [1.807, 2.05) is 29.2 Å². The van der Waals surface area contributed by atoms with Crippen LogP contribution in [-0.2, 0) is 14.9 Å². The fourth-order valence-corrected chi connectivity index (χ4v) is 3.76. The highest BCUT2D eigenvalue weighted by atomic mass is 35.5. The van der Waals surface area contributed by atoms with Crippen LogP contribution in [0.25, 0.3) is 0 Å². The predicted molar refractivity (Wildman–Crippen MR) is 82.4 cm³/mol. The summed E-state index contributed by atoms with van der Waals surface area (Å²) in [6.45, 7) is 2.58. The van der Waals surface area contributed by atoms with Crippen molar-refractivity contribution in [2.45, 2.75) is 30.7 Å². The molecule has 1 amide bonds. The van der Waals surface area contributed by atoms with Gasteiger partial charge >= 0.3 is 0 Å². The molecule has 4 nitrogen and oxygen atoms in total. The molecule has 1 aromatic carbocycles. The van der Waals surface area contributed by atoms with Gasteiger partial charge in [-0.2, -0.15) is 0 Å². The summed E-state index contributed by atoms with van der Waals surface area (Å²) in [6, 6.07) is 7.77. The molecule has 0 unspecified atom stereocenters. The molecule has 5 heteroatoms. The molecular formula is C16H21ClN2O2. The smallest absolute Gasteiger partial charge is 0.233 e. The number of carbonyl (C=O) groups is 1. The second kappa shape index (κ2) is 5.95. The lowest BCUT2D eigenvalue weighted by Gasteiger charge is -2.39. The number of hydrogen-bond donors (Lipinski definition) is 1. The Morgan fingerprint density at radius 3 is 2.67 bits per heavy atom. The Labute approximate surface area is 130 Å². The van der Waals surface area contributed by atoms with Gasteiger partial charge in [0.25, 0.3) is 0 Å². The molecule has 3 rings (SSSR count). The standard InChI is InChI=1S/C16H21ClN2O2/c17-14-4-2-1-3-13(14)16(6-9-21-10-7-16)15(20)19-8-5-12(18)11-19/h1-4,12H,5-11,18H2/t12-/m1/s1. The number of carbonyl (C=O) groups excluding carboxylic acids is 1. The number of likely N-dealkylation sites (tertiary alicyclic amines) is 1. The summed E-state index contributed by atoms with van der Waals surface area (Å²) in [7, 11) is 0. The van der Waals surface area contributed by atoms with E-state index in [1.165, 1.54) is 0 Å². The first kappa shape index (κ1) is 14.8. The average Bonchev–Trinajstić information content (AvgIpc) is 2.94. The van der Waals surface area contributed by atoms with Gasteiger partial charge in [-0.15, -0.1) is 0 Å². The molecule has 21 heavy (non-hydrogen) atoms. The van der Waals surface area contributed by atoms with Gasteiger partial charge in [0.15, 0.2) is 0 Å². The Morgan fingerprint density at radius 1 is 1.33 bits per heavy atom. The van der Waals surface area contributed by atoms with E-state index in [1.54, 1.807) is 0 Å². The fraction of sp³-hybridized carbons (Fsp3) is 0.562. The minimum absolute atomic E-state index is 0.0945. The molecule has 1 atom stereocenters. The van der Waals surface area contributed by atoms with Crippen LogP contribution in [0.1, 0.15) is 24.8 Å². The van der Waals surface area contributed by atoms with Crippen molar-refractivity contribution < 1.29 is 9.53 Å². The second-order valence-corrected chi connectivity index (χ2v) is 6.38. The molecule has 114 valence electrons. The molecule has 0 aromatic heterocycles. The minimum atomic E-state index is -0.555. The number of hydrogen-bond acceptors (Lipinski definition) is 3. The summed E-state index contributed by atoms with van der Waals surface area (Å²) < 4.78 is 5.48. The van der Waals surface area contributed by atoms with Crippen LogP contribution >= 0.6 is 11.6 Å². The maximum atomic E-state index is 13.2. The van der Waals surface area contributed by atoms with E-state index in [0.29, 0.717) is 37.6 Å². The third-order valence-electron chi connectivity index (χ3n) is 4.66. The average molecular weight is 309 g/mol. The topological polar surface area (TPSA) is 55.6 Å². The van der Waals surface area contributed by atoms with Gasteiger partial charge in [-0.05, 0) is 30.9 Å². The van der Waals surface area contributed by atoms with E-state index in [2.05, 4.69) is 0 Å². The number of halogens is 1. The summed E-state index contributed by atoms with van der Waals surface area (Å²) >= 11 is 6.39. The summed E-state index contributed by atoms with van der Waals surface area (Å²) in [4.78, 5) is 15.1. The monoisotopic (exact) mass is 308 g/mol. The van der Waals surface area contributed by atoms with Gasteiger partial charge in [0.1, 0.15) is 0 Å². The van der Waals surface area contributed by atoms with Crippen LogP contribution in [0.15, 0.2) is 24.3 Å². The Morgan fingerprint density at radius 2 is 2.05 bits per heavy atom. The lowest BCUT2D eigenvalue weighted by molar-refractivity contribution is -0.140. The number of benzene rings is 1. The van der Waals surface area contributed by atoms with Crippen molar-refractivity contribution >= 4 is 17.5 Å². The first-order chi connectivity index (χ1) is 10.1. The van der Waals surface area contributed by atoms with Crippen molar-refractivity contribution in [3.05, 3.63) is 34.9 Å². The second-order valence-electron chi connectivity index (χ2n) is 5.97. The number of nitrogens with two attached hydrogens (primary N) is 1. The Kier molecular flexibility index (Phi) is 4.20. The molecule has 0 radical (unpaired) electrons. The van der Waals surface area contributed by atoms with Crippen LogP contribution in [0.4, 0.5) is 0 Å². The van der Waals surface area contributed by atoms with Gasteiger partial charge in [0.05, 0.1) is 5.41 Å². The SMILES string of the molecule is N[C@@H]1CCN(C(=O)C2(c3ccccc3Cl)CCOCC2)C1. The third-order valence-corrected chi connectivity index (χ3v) is 4.99. The molecule has 0 spiro atoms. The van der Waals surface area contributed by atoms with Crippen molar-refractivity contribution in [2.24, 2.45) is 5.73 Å². The maximum absolute atomic E-state index is 13.2. The summed E-state index contributed by atoms with van der Waals surface area (Å²) in [5.74, 6) is 0.159. The van der Waals surface area contributed by atoms with Gasteiger partial charge < -0.3 is 15.4 Å². The number of ether oxygens (including phenoxy) is 1. The van der Waals surface area contributed by atoms with Crippen molar-refractivity contribution in [1.82, 2.24) is 4.90 Å². The van der Waals surface area contributed by atoms with Crippen LogP contribution in [0.5, 0.6) is 0 Å².